The summed E-state index contributed by atoms with van der Waals surface area (Å²) in [5.74, 6) is 0.115. The summed E-state index contributed by atoms with van der Waals surface area (Å²) in [4.78, 5) is 14.8. The number of hydrazone groups is 1. The number of piperidine rings is 1. The average molecular weight is 381 g/mol. The molecule has 146 valence electrons. The fraction of sp³-hybridized carbons (Fsp3) is 0.364. The van der Waals surface area contributed by atoms with E-state index in [1.54, 1.807) is 7.11 Å². The minimum absolute atomic E-state index is 0.133. The Balaban J connectivity index is 1.69. The number of rotatable bonds is 3. The van der Waals surface area contributed by atoms with E-state index in [1.165, 1.54) is 35.4 Å². The molecule has 1 fully saturated rings. The zero-order chi connectivity index (χ0) is 19.9. The lowest BCUT2D eigenvalue weighted by molar-refractivity contribution is 0.0953. The minimum atomic E-state index is -0.371. The maximum Gasteiger partial charge on any atom is 0.271 e. The third kappa shape index (κ3) is 3.07. The molecule has 2 aromatic rings. The summed E-state index contributed by atoms with van der Waals surface area (Å²) in [5, 5.41) is 4.58. The summed E-state index contributed by atoms with van der Waals surface area (Å²) in [6.07, 6.45) is 1.75. The number of likely N-dealkylation sites (tertiary alicyclic amines) is 1. The summed E-state index contributed by atoms with van der Waals surface area (Å²) in [5.41, 5.74) is 6.27. The monoisotopic (exact) mass is 381 g/mol. The molecule has 4 rings (SSSR count). The first-order valence-corrected chi connectivity index (χ1v) is 9.44. The van der Waals surface area contributed by atoms with Gasteiger partial charge in [-0.05, 0) is 74.0 Å². The number of ether oxygens (including phenoxy) is 1. The number of methoxy groups -OCH3 is 1. The topological polar surface area (TPSA) is 53.9 Å². The van der Waals surface area contributed by atoms with Crippen molar-refractivity contribution in [1.29, 1.82) is 0 Å². The zero-order valence-electron chi connectivity index (χ0n) is 16.3. The van der Waals surface area contributed by atoms with E-state index in [1.807, 2.05) is 6.07 Å². The Labute approximate surface area is 164 Å². The highest BCUT2D eigenvalue weighted by Crippen LogP contribution is 2.43. The number of nitrogens with zero attached hydrogens (tertiary/aromatic N) is 2. The Bertz CT molecular complexity index is 941. The largest absolute Gasteiger partial charge is 0.497 e. The second kappa shape index (κ2) is 7.02. The van der Waals surface area contributed by atoms with Crippen molar-refractivity contribution in [2.75, 3.05) is 20.7 Å². The van der Waals surface area contributed by atoms with Gasteiger partial charge in [-0.3, -0.25) is 9.69 Å². The van der Waals surface area contributed by atoms with Gasteiger partial charge in [0.2, 0.25) is 0 Å². The molecule has 1 aliphatic heterocycles. The number of halogens is 1. The van der Waals surface area contributed by atoms with Crippen molar-refractivity contribution in [1.82, 2.24) is 10.3 Å². The average Bonchev–Trinajstić information content (AvgIpc) is 2.70. The van der Waals surface area contributed by atoms with E-state index < -0.39 is 0 Å². The predicted octanol–water partition coefficient (Wildman–Crippen LogP) is 3.14. The molecule has 1 aliphatic carbocycles. The van der Waals surface area contributed by atoms with Gasteiger partial charge in [0.1, 0.15) is 11.6 Å². The number of likely N-dealkylation sites (N-methyl/N-ethyl adjacent to an activating group) is 1. The van der Waals surface area contributed by atoms with Crippen LogP contribution in [0.25, 0.3) is 0 Å². The van der Waals surface area contributed by atoms with Crippen molar-refractivity contribution in [3.63, 3.8) is 0 Å². The van der Waals surface area contributed by atoms with E-state index in [4.69, 9.17) is 4.74 Å². The van der Waals surface area contributed by atoms with E-state index in [-0.39, 0.29) is 23.2 Å². The standard InChI is InChI=1S/C22H24FN3O2/c1-22-10-11-26(2)19(12-15-6-9-17(28-3)13-18(15)22)20(22)24-25-21(27)14-4-7-16(23)8-5-14/h4-9,13,19H,10-12H2,1-3H3,(H,25,27)/b24-20-/t19-,22+/m0/s1. The predicted molar refractivity (Wildman–Crippen MR) is 106 cm³/mol. The molecular formula is C22H24FN3O2. The van der Waals surface area contributed by atoms with E-state index in [2.05, 4.69) is 41.5 Å². The molecule has 2 atom stereocenters. The third-order valence-corrected chi connectivity index (χ3v) is 6.09. The second-order valence-electron chi connectivity index (χ2n) is 7.75. The number of hydrogen-bond acceptors (Lipinski definition) is 4. The van der Waals surface area contributed by atoms with Crippen molar-refractivity contribution in [3.05, 3.63) is 65.0 Å². The van der Waals surface area contributed by atoms with Crippen LogP contribution in [-0.4, -0.2) is 43.3 Å². The molecule has 5 nitrogen and oxygen atoms in total. The SMILES string of the molecule is COc1ccc2c(c1)[C@@]1(C)CCN(C)[C@@H](C2)/C1=N/NC(=O)c1ccc(F)cc1. The summed E-state index contributed by atoms with van der Waals surface area (Å²) in [7, 11) is 3.76. The quantitative estimate of drug-likeness (QED) is 0.831. The van der Waals surface area contributed by atoms with Gasteiger partial charge in [0.15, 0.2) is 0 Å². The van der Waals surface area contributed by atoms with Crippen LogP contribution in [0.1, 0.15) is 34.8 Å². The van der Waals surface area contributed by atoms with Crippen LogP contribution in [0.2, 0.25) is 0 Å². The Morgan fingerprint density at radius 1 is 1.29 bits per heavy atom. The molecule has 1 saturated heterocycles. The molecule has 1 N–H and O–H groups in total. The molecule has 28 heavy (non-hydrogen) atoms. The molecule has 1 heterocycles. The van der Waals surface area contributed by atoms with Crippen LogP contribution >= 0.6 is 0 Å². The summed E-state index contributed by atoms with van der Waals surface area (Å²) in [6, 6.07) is 11.8. The van der Waals surface area contributed by atoms with E-state index in [9.17, 15) is 9.18 Å². The molecule has 0 saturated carbocycles. The minimum Gasteiger partial charge on any atom is -0.497 e. The van der Waals surface area contributed by atoms with Crippen molar-refractivity contribution in [3.8, 4) is 5.75 Å². The van der Waals surface area contributed by atoms with Crippen LogP contribution in [-0.2, 0) is 11.8 Å². The van der Waals surface area contributed by atoms with Gasteiger partial charge < -0.3 is 4.74 Å². The number of fused-ring (bicyclic) bond motifs is 4. The Morgan fingerprint density at radius 3 is 2.75 bits per heavy atom. The highest BCUT2D eigenvalue weighted by molar-refractivity contribution is 6.03. The first kappa shape index (κ1) is 18.6. The van der Waals surface area contributed by atoms with E-state index in [0.717, 1.165) is 30.8 Å². The number of amides is 1. The first-order chi connectivity index (χ1) is 13.4. The Hall–Kier alpha value is -2.73. The Kier molecular flexibility index (Phi) is 4.67. The summed E-state index contributed by atoms with van der Waals surface area (Å²) in [6.45, 7) is 3.15. The van der Waals surface area contributed by atoms with Crippen LogP contribution in [0, 0.1) is 5.82 Å². The van der Waals surface area contributed by atoms with Crippen LogP contribution < -0.4 is 10.2 Å². The van der Waals surface area contributed by atoms with Gasteiger partial charge in [0.05, 0.1) is 18.9 Å². The zero-order valence-corrected chi connectivity index (χ0v) is 16.3. The molecule has 0 spiro atoms. The molecule has 2 bridgehead atoms. The lowest BCUT2D eigenvalue weighted by Crippen LogP contribution is -2.59. The highest BCUT2D eigenvalue weighted by Gasteiger charge is 2.47. The van der Waals surface area contributed by atoms with Gasteiger partial charge in [-0.1, -0.05) is 13.0 Å². The first-order valence-electron chi connectivity index (χ1n) is 9.44. The molecule has 0 radical (unpaired) electrons. The Morgan fingerprint density at radius 2 is 2.04 bits per heavy atom. The second-order valence-corrected chi connectivity index (χ2v) is 7.75. The molecular weight excluding hydrogens is 357 g/mol. The fourth-order valence-electron chi connectivity index (χ4n) is 4.34. The molecule has 1 amide bonds. The third-order valence-electron chi connectivity index (χ3n) is 6.09. The van der Waals surface area contributed by atoms with Gasteiger partial charge >= 0.3 is 0 Å². The summed E-state index contributed by atoms with van der Waals surface area (Å²) >= 11 is 0. The number of nitrogens with one attached hydrogen (secondary N) is 1. The highest BCUT2D eigenvalue weighted by atomic mass is 19.1. The number of carbonyl (C=O) groups is 1. The van der Waals surface area contributed by atoms with Crippen molar-refractivity contribution in [2.45, 2.75) is 31.2 Å². The summed E-state index contributed by atoms with van der Waals surface area (Å²) < 4.78 is 18.5. The van der Waals surface area contributed by atoms with Gasteiger partial charge in [0, 0.05) is 11.0 Å². The number of hydrogen-bond donors (Lipinski definition) is 1. The fourth-order valence-corrected chi connectivity index (χ4v) is 4.34. The van der Waals surface area contributed by atoms with Crippen molar-refractivity contribution < 1.29 is 13.9 Å². The molecule has 2 aromatic carbocycles. The lowest BCUT2D eigenvalue weighted by Gasteiger charge is -2.49. The van der Waals surface area contributed by atoms with Gasteiger partial charge in [-0.2, -0.15) is 5.10 Å². The molecule has 6 heteroatoms. The smallest absolute Gasteiger partial charge is 0.271 e. The van der Waals surface area contributed by atoms with Crippen molar-refractivity contribution >= 4 is 11.6 Å². The van der Waals surface area contributed by atoms with Gasteiger partial charge in [0.25, 0.3) is 5.91 Å². The van der Waals surface area contributed by atoms with Crippen LogP contribution in [0.5, 0.6) is 5.75 Å². The van der Waals surface area contributed by atoms with E-state index >= 15 is 0 Å². The maximum atomic E-state index is 13.1. The molecule has 0 aromatic heterocycles. The number of benzene rings is 2. The van der Waals surface area contributed by atoms with Crippen LogP contribution in [0.4, 0.5) is 4.39 Å². The molecule has 0 unspecified atom stereocenters. The van der Waals surface area contributed by atoms with Gasteiger partial charge in [-0.15, -0.1) is 0 Å². The normalized spacial score (nSPS) is 25.3. The molecule has 2 aliphatic rings. The van der Waals surface area contributed by atoms with Crippen LogP contribution in [0.3, 0.4) is 0 Å². The maximum absolute atomic E-state index is 13.1. The van der Waals surface area contributed by atoms with Gasteiger partial charge in [-0.25, -0.2) is 9.82 Å². The van der Waals surface area contributed by atoms with Crippen LogP contribution in [0.15, 0.2) is 47.6 Å². The van der Waals surface area contributed by atoms with Crippen molar-refractivity contribution in [2.24, 2.45) is 5.10 Å². The lowest BCUT2D eigenvalue weighted by atomic mass is 9.63. The van der Waals surface area contributed by atoms with E-state index in [0.29, 0.717) is 5.56 Å². The number of carbonyl (C=O) groups excluding carboxylic acids is 1.